The van der Waals surface area contributed by atoms with Gasteiger partial charge in [-0.15, -0.1) is 0 Å². The predicted octanol–water partition coefficient (Wildman–Crippen LogP) is 1.12. The standard InChI is InChI=1S/C21H33F2N3O4/c1-12-3-4-13(5-16(12)22)8-25-18(27)9-26(21(28)19(25)14-10-30-11-14)20-17(23)6-15(29-2)7-24-20/h12-17,19-20,24H,3-11H2,1-2H3. The molecule has 2 amide bonds. The number of halogens is 2. The molecule has 1 saturated carbocycles. The highest BCUT2D eigenvalue weighted by Crippen LogP contribution is 2.34. The lowest BCUT2D eigenvalue weighted by molar-refractivity contribution is -0.174. The van der Waals surface area contributed by atoms with Gasteiger partial charge < -0.3 is 19.3 Å². The zero-order valence-corrected chi connectivity index (χ0v) is 17.8. The minimum absolute atomic E-state index is 0.0426. The Labute approximate surface area is 176 Å². The van der Waals surface area contributed by atoms with Crippen LogP contribution in [0.5, 0.6) is 0 Å². The van der Waals surface area contributed by atoms with Gasteiger partial charge in [0.2, 0.25) is 11.8 Å². The average molecular weight is 430 g/mol. The molecule has 7 nitrogen and oxygen atoms in total. The van der Waals surface area contributed by atoms with Crippen LogP contribution in [0.3, 0.4) is 0 Å². The van der Waals surface area contributed by atoms with Gasteiger partial charge in [-0.2, -0.15) is 0 Å². The summed E-state index contributed by atoms with van der Waals surface area (Å²) in [5, 5.41) is 3.05. The molecule has 0 aromatic heterocycles. The molecule has 0 aromatic carbocycles. The fourth-order valence-electron chi connectivity index (χ4n) is 5.24. The van der Waals surface area contributed by atoms with Crippen LogP contribution in [0.15, 0.2) is 0 Å². The number of methoxy groups -OCH3 is 1. The Morgan fingerprint density at radius 1 is 1.17 bits per heavy atom. The van der Waals surface area contributed by atoms with Crippen molar-refractivity contribution >= 4 is 11.8 Å². The molecule has 9 heteroatoms. The molecule has 4 fully saturated rings. The molecule has 170 valence electrons. The first kappa shape index (κ1) is 21.9. The summed E-state index contributed by atoms with van der Waals surface area (Å²) >= 11 is 0. The lowest BCUT2D eigenvalue weighted by atomic mass is 9.80. The van der Waals surface area contributed by atoms with Gasteiger partial charge in [0.1, 0.15) is 31.1 Å². The predicted molar refractivity (Wildman–Crippen MR) is 105 cm³/mol. The van der Waals surface area contributed by atoms with Crippen LogP contribution in [0, 0.1) is 17.8 Å². The number of carbonyl (C=O) groups is 2. The monoisotopic (exact) mass is 429 g/mol. The average Bonchev–Trinajstić information content (AvgIpc) is 2.68. The third-order valence-corrected chi connectivity index (χ3v) is 7.32. The van der Waals surface area contributed by atoms with Crippen molar-refractivity contribution in [3.05, 3.63) is 0 Å². The van der Waals surface area contributed by atoms with Crippen LogP contribution in [-0.2, 0) is 19.1 Å². The summed E-state index contributed by atoms with van der Waals surface area (Å²) in [6, 6.07) is -0.661. The van der Waals surface area contributed by atoms with E-state index in [1.165, 1.54) is 12.0 Å². The Bertz CT molecular complexity index is 650. The molecular weight excluding hydrogens is 396 g/mol. The number of nitrogens with one attached hydrogen (secondary N) is 1. The Balaban J connectivity index is 1.48. The number of nitrogens with zero attached hydrogens (tertiary/aromatic N) is 2. The van der Waals surface area contributed by atoms with Crippen molar-refractivity contribution in [2.45, 2.75) is 63.3 Å². The third kappa shape index (κ3) is 4.21. The van der Waals surface area contributed by atoms with E-state index in [1.807, 2.05) is 6.92 Å². The van der Waals surface area contributed by atoms with E-state index >= 15 is 0 Å². The Kier molecular flexibility index (Phi) is 6.60. The Morgan fingerprint density at radius 3 is 2.53 bits per heavy atom. The number of ether oxygens (including phenoxy) is 2. The van der Waals surface area contributed by atoms with Crippen molar-refractivity contribution in [2.24, 2.45) is 17.8 Å². The number of carbonyl (C=O) groups excluding carboxylic acids is 2. The maximum absolute atomic E-state index is 14.8. The van der Waals surface area contributed by atoms with E-state index in [0.29, 0.717) is 32.7 Å². The Morgan fingerprint density at radius 2 is 1.93 bits per heavy atom. The minimum atomic E-state index is -1.31. The molecular formula is C21H33F2N3O4. The second-order valence-electron chi connectivity index (χ2n) is 9.39. The normalized spacial score (nSPS) is 41.1. The van der Waals surface area contributed by atoms with Gasteiger partial charge in [-0.25, -0.2) is 8.78 Å². The van der Waals surface area contributed by atoms with Crippen LogP contribution in [0.4, 0.5) is 8.78 Å². The van der Waals surface area contributed by atoms with Gasteiger partial charge in [-0.3, -0.25) is 14.9 Å². The lowest BCUT2D eigenvalue weighted by Gasteiger charge is -2.50. The number of hydrogen-bond donors (Lipinski definition) is 1. The van der Waals surface area contributed by atoms with Gasteiger partial charge in [0.15, 0.2) is 0 Å². The van der Waals surface area contributed by atoms with E-state index in [0.717, 1.165) is 12.8 Å². The number of amides is 2. The number of rotatable bonds is 5. The van der Waals surface area contributed by atoms with Crippen LogP contribution in [0.1, 0.15) is 32.6 Å². The first-order valence-electron chi connectivity index (χ1n) is 11.1. The van der Waals surface area contributed by atoms with E-state index in [9.17, 15) is 18.4 Å². The third-order valence-electron chi connectivity index (χ3n) is 7.32. The molecule has 4 rings (SSSR count). The lowest BCUT2D eigenvalue weighted by Crippen LogP contribution is -2.71. The molecule has 0 bridgehead atoms. The summed E-state index contributed by atoms with van der Waals surface area (Å²) in [6.45, 7) is 3.39. The molecule has 30 heavy (non-hydrogen) atoms. The summed E-state index contributed by atoms with van der Waals surface area (Å²) in [7, 11) is 1.54. The largest absolute Gasteiger partial charge is 0.380 e. The second-order valence-corrected chi connectivity index (χ2v) is 9.39. The van der Waals surface area contributed by atoms with Gasteiger partial charge in [-0.1, -0.05) is 6.92 Å². The van der Waals surface area contributed by atoms with Crippen LogP contribution in [0.2, 0.25) is 0 Å². The fourth-order valence-corrected chi connectivity index (χ4v) is 5.24. The minimum Gasteiger partial charge on any atom is -0.380 e. The summed E-state index contributed by atoms with van der Waals surface area (Å²) in [4.78, 5) is 29.5. The van der Waals surface area contributed by atoms with E-state index in [2.05, 4.69) is 5.32 Å². The highest BCUT2D eigenvalue weighted by molar-refractivity contribution is 5.95. The van der Waals surface area contributed by atoms with Crippen molar-refractivity contribution in [1.29, 1.82) is 0 Å². The number of alkyl halides is 2. The van der Waals surface area contributed by atoms with Crippen molar-refractivity contribution in [1.82, 2.24) is 15.1 Å². The molecule has 1 aliphatic carbocycles. The van der Waals surface area contributed by atoms with E-state index in [1.54, 1.807) is 4.90 Å². The fraction of sp³-hybridized carbons (Fsp3) is 0.905. The zero-order chi connectivity index (χ0) is 21.4. The summed E-state index contributed by atoms with van der Waals surface area (Å²) in [5.74, 6) is -0.433. The maximum Gasteiger partial charge on any atom is 0.247 e. The molecule has 7 atom stereocenters. The number of piperidine rings is 1. The van der Waals surface area contributed by atoms with Crippen molar-refractivity contribution in [3.63, 3.8) is 0 Å². The smallest absolute Gasteiger partial charge is 0.247 e. The molecule has 1 N–H and O–H groups in total. The number of piperazine rings is 1. The van der Waals surface area contributed by atoms with E-state index < -0.39 is 24.6 Å². The molecule has 3 heterocycles. The van der Waals surface area contributed by atoms with Gasteiger partial charge in [0, 0.05) is 32.5 Å². The van der Waals surface area contributed by atoms with Crippen molar-refractivity contribution in [3.8, 4) is 0 Å². The highest BCUT2D eigenvalue weighted by atomic mass is 19.1. The molecule has 3 saturated heterocycles. The quantitative estimate of drug-likeness (QED) is 0.709. The van der Waals surface area contributed by atoms with Crippen LogP contribution in [0.25, 0.3) is 0 Å². The van der Waals surface area contributed by atoms with Crippen LogP contribution in [-0.4, -0.2) is 92.2 Å². The first-order valence-corrected chi connectivity index (χ1v) is 11.1. The van der Waals surface area contributed by atoms with Gasteiger partial charge >= 0.3 is 0 Å². The van der Waals surface area contributed by atoms with Crippen molar-refractivity contribution < 1.29 is 27.8 Å². The van der Waals surface area contributed by atoms with Gasteiger partial charge in [0.25, 0.3) is 0 Å². The molecule has 0 radical (unpaired) electrons. The topological polar surface area (TPSA) is 71.1 Å². The summed E-state index contributed by atoms with van der Waals surface area (Å²) < 4.78 is 39.6. The molecule has 4 aliphatic rings. The van der Waals surface area contributed by atoms with E-state index in [-0.39, 0.29) is 48.6 Å². The molecule has 0 spiro atoms. The van der Waals surface area contributed by atoms with Crippen LogP contribution >= 0.6 is 0 Å². The second kappa shape index (κ2) is 9.04. The van der Waals surface area contributed by atoms with Gasteiger partial charge in [-0.05, 0) is 31.1 Å². The highest BCUT2D eigenvalue weighted by Gasteiger charge is 2.50. The Hall–Kier alpha value is -1.32. The molecule has 3 aliphatic heterocycles. The maximum atomic E-state index is 14.8. The van der Waals surface area contributed by atoms with Crippen molar-refractivity contribution in [2.75, 3.05) is 40.0 Å². The first-order chi connectivity index (χ1) is 14.4. The van der Waals surface area contributed by atoms with Crippen LogP contribution < -0.4 is 5.32 Å². The molecule has 7 unspecified atom stereocenters. The summed E-state index contributed by atoms with van der Waals surface area (Å²) in [5.41, 5.74) is 0. The van der Waals surface area contributed by atoms with E-state index in [4.69, 9.17) is 9.47 Å². The summed E-state index contributed by atoms with van der Waals surface area (Å²) in [6.07, 6.45) is -0.998. The van der Waals surface area contributed by atoms with Gasteiger partial charge in [0.05, 0.1) is 19.3 Å². The molecule has 0 aromatic rings. The zero-order valence-electron chi connectivity index (χ0n) is 17.8. The number of hydrogen-bond acceptors (Lipinski definition) is 5. The SMILES string of the molecule is COC1CNC(N2CC(=O)N(CC3CCC(C)C(F)C3)C(C3COC3)C2=O)C(F)C1.